The number of halogens is 4. The molecule has 0 aliphatic carbocycles. The molecular formula is C11H8F3IO. The fourth-order valence-corrected chi connectivity index (χ4v) is 3.91. The number of alkyl halides is 4. The third-order valence-corrected chi connectivity index (χ3v) is 4.67. The largest absolute Gasteiger partial charge is 0.395 e. The minimum absolute atomic E-state index is 0.395. The molecule has 1 nitrogen and oxygen atoms in total. The summed E-state index contributed by atoms with van der Waals surface area (Å²) in [6.07, 6.45) is -5.38. The highest BCUT2D eigenvalue weighted by Crippen LogP contribution is 2.60. The predicted molar refractivity (Wildman–Crippen MR) is 60.4 cm³/mol. The Hall–Kier alpha value is -0.300. The lowest BCUT2D eigenvalue weighted by atomic mass is 9.83. The molecule has 0 unspecified atom stereocenters. The maximum absolute atomic E-state index is 12.9. The van der Waals surface area contributed by atoms with Gasteiger partial charge in [0.1, 0.15) is 0 Å². The van der Waals surface area contributed by atoms with Crippen molar-refractivity contribution in [3.63, 3.8) is 0 Å². The maximum Gasteiger partial charge on any atom is 0.395 e. The zero-order valence-electron chi connectivity index (χ0n) is 8.04. The summed E-state index contributed by atoms with van der Waals surface area (Å²) in [5.74, 6) is -1.37. The van der Waals surface area contributed by atoms with Crippen LogP contribution >= 0.6 is 22.6 Å². The van der Waals surface area contributed by atoms with Crippen molar-refractivity contribution in [3.8, 4) is 0 Å². The van der Waals surface area contributed by atoms with Crippen molar-refractivity contribution in [1.29, 1.82) is 0 Å². The van der Waals surface area contributed by atoms with Crippen LogP contribution in [-0.4, -0.2) is 10.1 Å². The molecule has 1 saturated heterocycles. The van der Waals surface area contributed by atoms with E-state index in [1.807, 2.05) is 34.7 Å². The van der Waals surface area contributed by atoms with Gasteiger partial charge in [-0.2, -0.15) is 13.2 Å². The van der Waals surface area contributed by atoms with Gasteiger partial charge in [-0.15, -0.1) is 0 Å². The molecule has 2 heterocycles. The number of benzene rings is 1. The number of fused-ring (bicyclic) bond motifs is 5. The van der Waals surface area contributed by atoms with E-state index < -0.39 is 28.2 Å². The third kappa shape index (κ3) is 1.33. The highest BCUT2D eigenvalue weighted by Gasteiger charge is 2.61. The van der Waals surface area contributed by atoms with Crippen molar-refractivity contribution in [2.75, 3.05) is 0 Å². The molecule has 1 fully saturated rings. The first-order valence-electron chi connectivity index (χ1n) is 4.95. The van der Waals surface area contributed by atoms with E-state index in [0.717, 1.165) is 5.56 Å². The zero-order valence-corrected chi connectivity index (χ0v) is 10.2. The van der Waals surface area contributed by atoms with Crippen LogP contribution in [0.15, 0.2) is 24.3 Å². The molecule has 0 amide bonds. The van der Waals surface area contributed by atoms with E-state index in [2.05, 4.69) is 0 Å². The van der Waals surface area contributed by atoms with Crippen molar-refractivity contribution in [2.24, 2.45) is 5.92 Å². The van der Waals surface area contributed by atoms with Gasteiger partial charge in [0.05, 0.1) is 22.1 Å². The van der Waals surface area contributed by atoms with Gasteiger partial charge in [0, 0.05) is 0 Å². The Balaban J connectivity index is 2.08. The Kier molecular flexibility index (Phi) is 2.27. The summed E-state index contributed by atoms with van der Waals surface area (Å²) in [7, 11) is 0. The summed E-state index contributed by atoms with van der Waals surface area (Å²) in [6, 6.07) is 7.20. The van der Waals surface area contributed by atoms with E-state index in [9.17, 15) is 13.2 Å². The molecule has 1 aromatic carbocycles. The molecule has 2 bridgehead atoms. The van der Waals surface area contributed by atoms with Crippen molar-refractivity contribution < 1.29 is 17.9 Å². The molecule has 0 N–H and O–H groups in total. The van der Waals surface area contributed by atoms with Gasteiger partial charge in [0.25, 0.3) is 0 Å². The minimum Gasteiger partial charge on any atom is -0.364 e. The number of ether oxygens (including phenoxy) is 1. The Morgan fingerprint density at radius 2 is 1.62 bits per heavy atom. The van der Waals surface area contributed by atoms with E-state index in [1.165, 1.54) is 0 Å². The van der Waals surface area contributed by atoms with Crippen LogP contribution in [0.4, 0.5) is 13.2 Å². The average Bonchev–Trinajstić information content (AvgIpc) is 2.72. The Morgan fingerprint density at radius 3 is 2.19 bits per heavy atom. The summed E-state index contributed by atoms with van der Waals surface area (Å²) in [5, 5.41) is 0. The van der Waals surface area contributed by atoms with Crippen LogP contribution in [0.5, 0.6) is 0 Å². The second-order valence-electron chi connectivity index (χ2n) is 4.12. The lowest BCUT2D eigenvalue weighted by Crippen LogP contribution is -2.34. The normalized spacial score (nSPS) is 36.5. The van der Waals surface area contributed by atoms with Gasteiger partial charge in [0.15, 0.2) is 0 Å². The van der Waals surface area contributed by atoms with E-state index in [0.29, 0.717) is 5.56 Å². The standard InChI is InChI=1S/C11H8F3IO/c12-11(13,14)7-8(15)10-6-4-2-1-3-5(6)9(7)16-10/h1-4,7-10H/t7-,8+,9+,10-/m1/s1. The summed E-state index contributed by atoms with van der Waals surface area (Å²) in [6.45, 7) is 0. The van der Waals surface area contributed by atoms with Crippen molar-refractivity contribution in [2.45, 2.75) is 22.3 Å². The summed E-state index contributed by atoms with van der Waals surface area (Å²) in [5.41, 5.74) is 1.63. The summed E-state index contributed by atoms with van der Waals surface area (Å²) < 4.78 is 43.6. The smallest absolute Gasteiger partial charge is 0.364 e. The summed E-state index contributed by atoms with van der Waals surface area (Å²) >= 11 is 1.86. The van der Waals surface area contributed by atoms with Gasteiger partial charge in [0.2, 0.25) is 0 Å². The van der Waals surface area contributed by atoms with Crippen LogP contribution in [0.1, 0.15) is 23.3 Å². The fraction of sp³-hybridized carbons (Fsp3) is 0.455. The SMILES string of the molecule is FC(F)(F)[C@@H]1[C@H](I)[C@@H]2O[C@H]1c1ccccc12. The first-order valence-corrected chi connectivity index (χ1v) is 6.20. The lowest BCUT2D eigenvalue weighted by Gasteiger charge is -2.27. The van der Waals surface area contributed by atoms with E-state index >= 15 is 0 Å². The van der Waals surface area contributed by atoms with Gasteiger partial charge < -0.3 is 4.74 Å². The van der Waals surface area contributed by atoms with Crippen molar-refractivity contribution in [3.05, 3.63) is 35.4 Å². The topological polar surface area (TPSA) is 9.23 Å². The molecular weight excluding hydrogens is 332 g/mol. The van der Waals surface area contributed by atoms with Gasteiger partial charge >= 0.3 is 6.18 Å². The molecule has 16 heavy (non-hydrogen) atoms. The first kappa shape index (κ1) is 10.8. The number of rotatable bonds is 0. The van der Waals surface area contributed by atoms with Gasteiger partial charge in [-0.25, -0.2) is 0 Å². The first-order chi connectivity index (χ1) is 7.50. The minimum atomic E-state index is -4.18. The monoisotopic (exact) mass is 340 g/mol. The molecule has 0 radical (unpaired) electrons. The molecule has 0 spiro atoms. The molecule has 4 atom stereocenters. The van der Waals surface area contributed by atoms with Crippen LogP contribution < -0.4 is 0 Å². The maximum atomic E-state index is 12.9. The van der Waals surface area contributed by atoms with Crippen LogP contribution in [-0.2, 0) is 4.74 Å². The average molecular weight is 340 g/mol. The zero-order chi connectivity index (χ0) is 11.5. The van der Waals surface area contributed by atoms with Crippen molar-refractivity contribution in [1.82, 2.24) is 0 Å². The van der Waals surface area contributed by atoms with Crippen LogP contribution in [0.25, 0.3) is 0 Å². The van der Waals surface area contributed by atoms with E-state index in [-0.39, 0.29) is 0 Å². The quantitative estimate of drug-likeness (QED) is 0.516. The molecule has 86 valence electrons. The van der Waals surface area contributed by atoms with Crippen LogP contribution in [0.2, 0.25) is 0 Å². The van der Waals surface area contributed by atoms with Gasteiger partial charge in [-0.1, -0.05) is 46.9 Å². The molecule has 1 aromatic rings. The number of hydrogen-bond donors (Lipinski definition) is 0. The van der Waals surface area contributed by atoms with Gasteiger partial charge in [-0.05, 0) is 11.1 Å². The summed E-state index contributed by atoms with van der Waals surface area (Å²) in [4.78, 5) is 0. The molecule has 2 aliphatic heterocycles. The lowest BCUT2D eigenvalue weighted by molar-refractivity contribution is -0.185. The third-order valence-electron chi connectivity index (χ3n) is 3.24. The van der Waals surface area contributed by atoms with Crippen LogP contribution in [0, 0.1) is 5.92 Å². The van der Waals surface area contributed by atoms with Crippen molar-refractivity contribution >= 4 is 22.6 Å². The Bertz CT molecular complexity index is 431. The Labute approximate surface area is 104 Å². The second kappa shape index (κ2) is 3.35. The van der Waals surface area contributed by atoms with Crippen LogP contribution in [0.3, 0.4) is 0 Å². The molecule has 3 rings (SSSR count). The van der Waals surface area contributed by atoms with Gasteiger partial charge in [-0.3, -0.25) is 0 Å². The fourth-order valence-electron chi connectivity index (χ4n) is 2.57. The van der Waals surface area contributed by atoms with E-state index in [4.69, 9.17) is 4.74 Å². The highest BCUT2D eigenvalue weighted by atomic mass is 127. The highest BCUT2D eigenvalue weighted by molar-refractivity contribution is 14.1. The molecule has 0 aromatic heterocycles. The van der Waals surface area contributed by atoms with E-state index in [1.54, 1.807) is 12.1 Å². The Morgan fingerprint density at radius 1 is 1.06 bits per heavy atom. The molecule has 5 heteroatoms. The second-order valence-corrected chi connectivity index (χ2v) is 5.56. The number of hydrogen-bond acceptors (Lipinski definition) is 1. The molecule has 2 aliphatic rings. The predicted octanol–water partition coefficient (Wildman–Crippen LogP) is 3.79. The molecule has 0 saturated carbocycles.